The minimum atomic E-state index is -0.254. The van der Waals surface area contributed by atoms with E-state index in [-0.39, 0.29) is 18.0 Å². The molecule has 1 amide bonds. The van der Waals surface area contributed by atoms with Gasteiger partial charge in [-0.15, -0.1) is 0 Å². The summed E-state index contributed by atoms with van der Waals surface area (Å²) in [6.07, 6.45) is 3.43. The van der Waals surface area contributed by atoms with Crippen molar-refractivity contribution in [3.05, 3.63) is 88.5 Å². The second kappa shape index (κ2) is 8.32. The van der Waals surface area contributed by atoms with E-state index in [9.17, 15) is 9.59 Å². The fourth-order valence-corrected chi connectivity index (χ4v) is 3.08. The number of aromatic amines is 1. The van der Waals surface area contributed by atoms with Crippen molar-refractivity contribution in [3.63, 3.8) is 0 Å². The summed E-state index contributed by atoms with van der Waals surface area (Å²) < 4.78 is 1.56. The van der Waals surface area contributed by atoms with Gasteiger partial charge in [0.05, 0.1) is 17.1 Å². The summed E-state index contributed by atoms with van der Waals surface area (Å²) in [6.45, 7) is 0.633. The number of benzene rings is 2. The highest BCUT2D eigenvalue weighted by molar-refractivity contribution is 6.08. The summed E-state index contributed by atoms with van der Waals surface area (Å²) in [7, 11) is 0. The van der Waals surface area contributed by atoms with Gasteiger partial charge in [-0.1, -0.05) is 18.2 Å². The van der Waals surface area contributed by atoms with Gasteiger partial charge in [0.2, 0.25) is 5.56 Å². The van der Waals surface area contributed by atoms with E-state index in [1.807, 2.05) is 18.2 Å². The van der Waals surface area contributed by atoms with Crippen LogP contribution in [0, 0.1) is 11.3 Å². The molecule has 0 unspecified atom stereocenters. The lowest BCUT2D eigenvalue weighted by Gasteiger charge is -2.12. The largest absolute Gasteiger partial charge is 0.380 e. The Morgan fingerprint density at radius 2 is 2.03 bits per heavy atom. The zero-order valence-electron chi connectivity index (χ0n) is 15.9. The Bertz CT molecular complexity index is 1290. The third-order valence-corrected chi connectivity index (χ3v) is 4.55. The molecule has 0 saturated carbocycles. The van der Waals surface area contributed by atoms with Gasteiger partial charge in [0.25, 0.3) is 5.91 Å². The lowest BCUT2D eigenvalue weighted by molar-refractivity contribution is 0.102. The average molecular weight is 398 g/mol. The molecule has 2 aromatic carbocycles. The van der Waals surface area contributed by atoms with E-state index < -0.39 is 0 Å². The van der Waals surface area contributed by atoms with Crippen LogP contribution in [0.15, 0.2) is 71.8 Å². The minimum Gasteiger partial charge on any atom is -0.380 e. The third kappa shape index (κ3) is 4.20. The summed E-state index contributed by atoms with van der Waals surface area (Å²) in [5, 5.41) is 20.2. The lowest BCUT2D eigenvalue weighted by Crippen LogP contribution is -2.15. The van der Waals surface area contributed by atoms with Crippen LogP contribution in [0.5, 0.6) is 0 Å². The number of nitrogens with zero attached hydrogens (tertiary/aromatic N) is 3. The number of carbonyl (C=O) groups excluding carboxylic acids is 1. The van der Waals surface area contributed by atoms with Crippen molar-refractivity contribution in [2.75, 3.05) is 10.6 Å². The summed E-state index contributed by atoms with van der Waals surface area (Å²) in [5.41, 5.74) is 3.23. The fraction of sp³-hybridized carbons (Fsp3) is 0.0909. The Morgan fingerprint density at radius 3 is 2.83 bits per heavy atom. The first-order valence-corrected chi connectivity index (χ1v) is 9.28. The molecule has 30 heavy (non-hydrogen) atoms. The number of nitrogens with one attached hydrogen (secondary N) is 3. The molecule has 0 saturated heterocycles. The normalized spacial score (nSPS) is 10.5. The predicted molar refractivity (Wildman–Crippen MR) is 114 cm³/mol. The number of rotatable bonds is 6. The topological polar surface area (TPSA) is 116 Å². The highest BCUT2D eigenvalue weighted by atomic mass is 16.1. The Morgan fingerprint density at radius 1 is 1.17 bits per heavy atom. The number of hydrogen-bond donors (Lipinski definition) is 3. The molecule has 4 aromatic rings. The fourth-order valence-electron chi connectivity index (χ4n) is 3.08. The first-order valence-electron chi connectivity index (χ1n) is 9.28. The predicted octanol–water partition coefficient (Wildman–Crippen LogP) is 3.11. The first kappa shape index (κ1) is 19.0. The molecule has 0 radical (unpaired) electrons. The van der Waals surface area contributed by atoms with Crippen LogP contribution in [-0.2, 0) is 13.1 Å². The molecule has 2 aromatic heterocycles. The van der Waals surface area contributed by atoms with Crippen LogP contribution in [0.4, 0.5) is 11.4 Å². The summed E-state index contributed by atoms with van der Waals surface area (Å²) in [6, 6.07) is 17.9. The molecule has 8 nitrogen and oxygen atoms in total. The third-order valence-electron chi connectivity index (χ3n) is 4.55. The van der Waals surface area contributed by atoms with Crippen LogP contribution >= 0.6 is 0 Å². The van der Waals surface area contributed by atoms with Crippen molar-refractivity contribution in [2.24, 2.45) is 0 Å². The Kier molecular flexibility index (Phi) is 5.26. The second-order valence-corrected chi connectivity index (χ2v) is 6.67. The summed E-state index contributed by atoms with van der Waals surface area (Å²) in [4.78, 5) is 26.7. The van der Waals surface area contributed by atoms with E-state index in [1.54, 1.807) is 47.4 Å². The quantitative estimate of drug-likeness (QED) is 0.462. The number of nitriles is 1. The van der Waals surface area contributed by atoms with Gasteiger partial charge >= 0.3 is 0 Å². The monoisotopic (exact) mass is 398 g/mol. The smallest absolute Gasteiger partial charge is 0.257 e. The van der Waals surface area contributed by atoms with Crippen LogP contribution in [0.1, 0.15) is 15.9 Å². The molecule has 0 atom stereocenters. The molecule has 2 heterocycles. The van der Waals surface area contributed by atoms with Crippen LogP contribution in [0.2, 0.25) is 0 Å². The molecule has 0 aliphatic carbocycles. The summed E-state index contributed by atoms with van der Waals surface area (Å²) in [5.74, 6) is -0.254. The van der Waals surface area contributed by atoms with E-state index in [1.165, 1.54) is 6.07 Å². The van der Waals surface area contributed by atoms with E-state index in [4.69, 9.17) is 5.26 Å². The van der Waals surface area contributed by atoms with Gasteiger partial charge < -0.3 is 15.6 Å². The Hall–Kier alpha value is -4.38. The van der Waals surface area contributed by atoms with Gasteiger partial charge in [-0.05, 0) is 35.9 Å². The van der Waals surface area contributed by atoms with E-state index in [2.05, 4.69) is 26.8 Å². The van der Waals surface area contributed by atoms with Gasteiger partial charge in [-0.2, -0.15) is 10.4 Å². The van der Waals surface area contributed by atoms with Crippen molar-refractivity contribution >= 4 is 28.2 Å². The highest BCUT2D eigenvalue weighted by Gasteiger charge is 2.12. The maximum atomic E-state index is 12.9. The Labute approximate surface area is 171 Å². The molecule has 0 fully saturated rings. The van der Waals surface area contributed by atoms with Gasteiger partial charge in [-0.3, -0.25) is 14.3 Å². The van der Waals surface area contributed by atoms with Crippen molar-refractivity contribution in [1.29, 1.82) is 5.26 Å². The molecule has 8 heteroatoms. The number of H-pyrrole nitrogens is 1. The molecule has 0 bridgehead atoms. The van der Waals surface area contributed by atoms with Gasteiger partial charge in [0.15, 0.2) is 0 Å². The number of para-hydroxylation sites is 1. The van der Waals surface area contributed by atoms with Gasteiger partial charge in [-0.25, -0.2) is 0 Å². The van der Waals surface area contributed by atoms with Crippen LogP contribution < -0.4 is 16.2 Å². The number of aromatic nitrogens is 3. The molecule has 0 spiro atoms. The molecule has 0 aliphatic heterocycles. The van der Waals surface area contributed by atoms with Crippen molar-refractivity contribution in [1.82, 2.24) is 14.8 Å². The van der Waals surface area contributed by atoms with Gasteiger partial charge in [0, 0.05) is 41.8 Å². The average Bonchev–Trinajstić information content (AvgIpc) is 3.15. The molecule has 0 aliphatic rings. The zero-order chi connectivity index (χ0) is 20.9. The van der Waals surface area contributed by atoms with Crippen LogP contribution in [-0.4, -0.2) is 20.7 Å². The van der Waals surface area contributed by atoms with E-state index in [0.717, 1.165) is 10.9 Å². The van der Waals surface area contributed by atoms with E-state index >= 15 is 0 Å². The summed E-state index contributed by atoms with van der Waals surface area (Å²) >= 11 is 0. The minimum absolute atomic E-state index is 0.159. The highest BCUT2D eigenvalue weighted by Crippen LogP contribution is 2.21. The number of hydrogen-bond acceptors (Lipinski definition) is 5. The molecule has 148 valence electrons. The second-order valence-electron chi connectivity index (χ2n) is 6.67. The SMILES string of the molecule is N#CCn1cc2ccc(NC(=O)c3ccccc3NCc3ccc(=O)[nH]c3)cc2n1. The lowest BCUT2D eigenvalue weighted by atomic mass is 10.1. The molecular weight excluding hydrogens is 380 g/mol. The number of carbonyl (C=O) groups is 1. The Balaban J connectivity index is 1.50. The van der Waals surface area contributed by atoms with Crippen LogP contribution in [0.3, 0.4) is 0 Å². The van der Waals surface area contributed by atoms with E-state index in [0.29, 0.717) is 29.0 Å². The number of fused-ring (bicyclic) bond motifs is 1. The number of amides is 1. The number of pyridine rings is 1. The van der Waals surface area contributed by atoms with Crippen molar-refractivity contribution in [3.8, 4) is 6.07 Å². The molecular formula is C22H18N6O2. The van der Waals surface area contributed by atoms with Crippen molar-refractivity contribution < 1.29 is 4.79 Å². The van der Waals surface area contributed by atoms with Gasteiger partial charge in [0.1, 0.15) is 6.54 Å². The number of anilines is 2. The van der Waals surface area contributed by atoms with Crippen LogP contribution in [0.25, 0.3) is 10.9 Å². The molecule has 4 rings (SSSR count). The standard InChI is InChI=1S/C22H18N6O2/c23-9-10-28-14-16-6-7-17(11-20(16)27-28)26-22(30)18-3-1-2-4-19(18)24-12-15-5-8-21(29)25-13-15/h1-8,11,13-14,24H,10,12H2,(H,25,29)(H,26,30). The molecule has 3 N–H and O–H groups in total. The maximum absolute atomic E-state index is 12.9. The van der Waals surface area contributed by atoms with Crippen molar-refractivity contribution in [2.45, 2.75) is 13.1 Å². The first-order chi connectivity index (χ1) is 14.6. The maximum Gasteiger partial charge on any atom is 0.257 e. The zero-order valence-corrected chi connectivity index (χ0v) is 15.9.